The van der Waals surface area contributed by atoms with Gasteiger partial charge in [0.25, 0.3) is 0 Å². The fourth-order valence-corrected chi connectivity index (χ4v) is 3.31. The molecule has 0 unspecified atom stereocenters. The van der Waals surface area contributed by atoms with Gasteiger partial charge in [0.1, 0.15) is 5.82 Å². The molecule has 102 valence electrons. The van der Waals surface area contributed by atoms with Gasteiger partial charge in [-0.1, -0.05) is 12.1 Å². The number of benzene rings is 1. The molecular weight excluding hydrogens is 336 g/mol. The van der Waals surface area contributed by atoms with Crippen molar-refractivity contribution >= 4 is 33.0 Å². The number of hydrogen-bond donors (Lipinski definition) is 2. The molecule has 0 fully saturated rings. The van der Waals surface area contributed by atoms with Gasteiger partial charge in [0.15, 0.2) is 5.82 Å². The van der Waals surface area contributed by atoms with E-state index in [9.17, 15) is 0 Å². The molecule has 4 nitrogen and oxygen atoms in total. The van der Waals surface area contributed by atoms with Crippen LogP contribution >= 0.6 is 27.3 Å². The summed E-state index contributed by atoms with van der Waals surface area (Å²) in [6, 6.07) is 10.2. The number of aromatic amines is 1. The van der Waals surface area contributed by atoms with E-state index in [1.54, 1.807) is 11.3 Å². The molecule has 2 heterocycles. The van der Waals surface area contributed by atoms with Gasteiger partial charge in [0.2, 0.25) is 0 Å². The summed E-state index contributed by atoms with van der Waals surface area (Å²) in [5.74, 6) is 1.55. The Labute approximate surface area is 129 Å². The number of aromatic nitrogens is 3. The van der Waals surface area contributed by atoms with Gasteiger partial charge < -0.3 is 5.32 Å². The van der Waals surface area contributed by atoms with Gasteiger partial charge in [-0.2, -0.15) is 5.10 Å². The molecule has 2 N–H and O–H groups in total. The molecule has 0 amide bonds. The predicted octanol–water partition coefficient (Wildman–Crippen LogP) is 4.22. The Kier molecular flexibility index (Phi) is 3.84. The van der Waals surface area contributed by atoms with Gasteiger partial charge >= 0.3 is 0 Å². The van der Waals surface area contributed by atoms with Gasteiger partial charge in [0, 0.05) is 20.6 Å². The molecule has 0 saturated carbocycles. The first-order valence-electron chi connectivity index (χ1n) is 6.17. The number of H-pyrrole nitrogens is 1. The highest BCUT2D eigenvalue weighted by atomic mass is 79.9. The summed E-state index contributed by atoms with van der Waals surface area (Å²) in [7, 11) is 0. The molecule has 0 radical (unpaired) electrons. The van der Waals surface area contributed by atoms with Crippen LogP contribution in [0.3, 0.4) is 0 Å². The minimum atomic E-state index is 0.725. The second-order valence-corrected chi connectivity index (χ2v) is 6.23. The maximum Gasteiger partial charge on any atom is 0.181 e. The molecule has 0 atom stereocenters. The molecule has 0 spiro atoms. The number of thiophene rings is 1. The molecule has 0 bridgehead atoms. The Bertz CT molecular complexity index is 719. The number of halogens is 1. The fraction of sp³-hybridized carbons (Fsp3) is 0.143. The van der Waals surface area contributed by atoms with Gasteiger partial charge in [-0.05, 0) is 46.4 Å². The van der Waals surface area contributed by atoms with Crippen molar-refractivity contribution in [2.45, 2.75) is 13.5 Å². The third-order valence-electron chi connectivity index (χ3n) is 2.86. The normalized spacial score (nSPS) is 10.7. The zero-order chi connectivity index (χ0) is 13.9. The van der Waals surface area contributed by atoms with E-state index in [-0.39, 0.29) is 0 Å². The Morgan fingerprint density at radius 1 is 1.35 bits per heavy atom. The van der Waals surface area contributed by atoms with Crippen molar-refractivity contribution < 1.29 is 0 Å². The van der Waals surface area contributed by atoms with Crippen molar-refractivity contribution in [1.82, 2.24) is 15.2 Å². The van der Waals surface area contributed by atoms with Crippen LogP contribution in [0, 0.1) is 6.92 Å². The summed E-state index contributed by atoms with van der Waals surface area (Å²) in [4.78, 5) is 5.63. The first kappa shape index (κ1) is 13.3. The fourth-order valence-electron chi connectivity index (χ4n) is 1.87. The Balaban J connectivity index is 1.76. The van der Waals surface area contributed by atoms with Crippen LogP contribution in [0.5, 0.6) is 0 Å². The lowest BCUT2D eigenvalue weighted by Crippen LogP contribution is -1.98. The third kappa shape index (κ3) is 2.91. The summed E-state index contributed by atoms with van der Waals surface area (Å²) in [6.45, 7) is 2.70. The van der Waals surface area contributed by atoms with E-state index in [1.807, 2.05) is 25.1 Å². The van der Waals surface area contributed by atoms with Gasteiger partial charge in [0.05, 0.1) is 6.54 Å². The standard InChI is InChI=1S/C14H13BrN4S/c1-9-17-14(19-18-9)10-3-2-4-11(7-10)16-8-13-12(15)5-6-20-13/h2-7,16H,8H2,1H3,(H,17,18,19). The van der Waals surface area contributed by atoms with Gasteiger partial charge in [-0.3, -0.25) is 5.10 Å². The van der Waals surface area contributed by atoms with Crippen molar-refractivity contribution in [3.8, 4) is 11.4 Å². The molecule has 2 aromatic heterocycles. The van der Waals surface area contributed by atoms with E-state index < -0.39 is 0 Å². The second kappa shape index (κ2) is 5.76. The average molecular weight is 349 g/mol. The number of nitrogens with one attached hydrogen (secondary N) is 2. The summed E-state index contributed by atoms with van der Waals surface area (Å²) in [6.07, 6.45) is 0. The van der Waals surface area contributed by atoms with Crippen molar-refractivity contribution in [3.63, 3.8) is 0 Å². The molecule has 3 aromatic rings. The molecule has 0 aliphatic heterocycles. The molecule has 0 aliphatic carbocycles. The predicted molar refractivity (Wildman–Crippen MR) is 85.9 cm³/mol. The first-order chi connectivity index (χ1) is 9.72. The van der Waals surface area contributed by atoms with Crippen LogP contribution in [0.25, 0.3) is 11.4 Å². The molecule has 0 aliphatic rings. The molecule has 20 heavy (non-hydrogen) atoms. The second-order valence-electron chi connectivity index (χ2n) is 4.37. The highest BCUT2D eigenvalue weighted by Crippen LogP contribution is 2.25. The number of nitrogens with zero attached hydrogens (tertiary/aromatic N) is 2. The molecular formula is C14H13BrN4S. The maximum atomic E-state index is 4.35. The molecule has 3 rings (SSSR count). The molecule has 6 heteroatoms. The number of rotatable bonds is 4. The Hall–Kier alpha value is -1.66. The zero-order valence-corrected chi connectivity index (χ0v) is 13.3. The monoisotopic (exact) mass is 348 g/mol. The van der Waals surface area contributed by atoms with Crippen LogP contribution in [-0.4, -0.2) is 15.2 Å². The number of anilines is 1. The van der Waals surface area contributed by atoms with E-state index in [4.69, 9.17) is 0 Å². The zero-order valence-electron chi connectivity index (χ0n) is 10.9. The van der Waals surface area contributed by atoms with Gasteiger partial charge in [-0.25, -0.2) is 4.98 Å². The van der Waals surface area contributed by atoms with E-state index in [1.165, 1.54) is 4.88 Å². The van der Waals surface area contributed by atoms with E-state index >= 15 is 0 Å². The van der Waals surface area contributed by atoms with E-state index in [0.29, 0.717) is 0 Å². The van der Waals surface area contributed by atoms with E-state index in [0.717, 1.165) is 33.9 Å². The summed E-state index contributed by atoms with van der Waals surface area (Å²) >= 11 is 5.27. The smallest absolute Gasteiger partial charge is 0.181 e. The summed E-state index contributed by atoms with van der Waals surface area (Å²) < 4.78 is 1.15. The number of hydrogen-bond acceptors (Lipinski definition) is 4. The average Bonchev–Trinajstić information content (AvgIpc) is 3.06. The van der Waals surface area contributed by atoms with Crippen molar-refractivity contribution in [2.75, 3.05) is 5.32 Å². The highest BCUT2D eigenvalue weighted by Gasteiger charge is 2.05. The maximum absolute atomic E-state index is 4.35. The first-order valence-corrected chi connectivity index (χ1v) is 7.85. The van der Waals surface area contributed by atoms with E-state index in [2.05, 4.69) is 53.9 Å². The van der Waals surface area contributed by atoms with Crippen LogP contribution < -0.4 is 5.32 Å². The van der Waals surface area contributed by atoms with Crippen LogP contribution in [-0.2, 0) is 6.54 Å². The van der Waals surface area contributed by atoms with Crippen molar-refractivity contribution in [3.05, 3.63) is 50.9 Å². The van der Waals surface area contributed by atoms with Crippen LogP contribution in [0.2, 0.25) is 0 Å². The molecule has 1 aromatic carbocycles. The lowest BCUT2D eigenvalue weighted by atomic mass is 10.2. The van der Waals surface area contributed by atoms with Crippen LogP contribution in [0.4, 0.5) is 5.69 Å². The lowest BCUT2D eigenvalue weighted by molar-refractivity contribution is 1.04. The Morgan fingerprint density at radius 3 is 2.95 bits per heavy atom. The van der Waals surface area contributed by atoms with Crippen molar-refractivity contribution in [1.29, 1.82) is 0 Å². The van der Waals surface area contributed by atoms with Crippen molar-refractivity contribution in [2.24, 2.45) is 0 Å². The van der Waals surface area contributed by atoms with Gasteiger partial charge in [-0.15, -0.1) is 11.3 Å². The largest absolute Gasteiger partial charge is 0.380 e. The number of aryl methyl sites for hydroxylation is 1. The summed E-state index contributed by atoms with van der Waals surface area (Å²) in [5.41, 5.74) is 2.06. The SMILES string of the molecule is Cc1nc(-c2cccc(NCc3sccc3Br)c2)n[nH]1. The third-order valence-corrected chi connectivity index (χ3v) is 4.79. The van der Waals surface area contributed by atoms with Crippen LogP contribution in [0.1, 0.15) is 10.7 Å². The minimum absolute atomic E-state index is 0.725. The lowest BCUT2D eigenvalue weighted by Gasteiger charge is -2.06. The molecule has 0 saturated heterocycles. The Morgan fingerprint density at radius 2 is 2.25 bits per heavy atom. The minimum Gasteiger partial charge on any atom is -0.380 e. The quantitative estimate of drug-likeness (QED) is 0.742. The van der Waals surface area contributed by atoms with Crippen LogP contribution in [0.15, 0.2) is 40.2 Å². The highest BCUT2D eigenvalue weighted by molar-refractivity contribution is 9.10. The summed E-state index contributed by atoms with van der Waals surface area (Å²) in [5, 5.41) is 12.5. The topological polar surface area (TPSA) is 53.6 Å².